The SMILES string of the molecule is CC(=O)NCCNC(=O)c1ccccc1Sc1ccccc1C#N. The van der Waals surface area contributed by atoms with E-state index >= 15 is 0 Å². The molecule has 2 amide bonds. The van der Waals surface area contributed by atoms with E-state index in [1.54, 1.807) is 18.2 Å². The van der Waals surface area contributed by atoms with Gasteiger partial charge in [0.15, 0.2) is 0 Å². The first-order valence-electron chi connectivity index (χ1n) is 7.40. The van der Waals surface area contributed by atoms with Crippen LogP contribution in [-0.4, -0.2) is 24.9 Å². The van der Waals surface area contributed by atoms with Crippen molar-refractivity contribution in [2.24, 2.45) is 0 Å². The third-order valence-corrected chi connectivity index (χ3v) is 4.30. The topological polar surface area (TPSA) is 82.0 Å². The lowest BCUT2D eigenvalue weighted by atomic mass is 10.2. The van der Waals surface area contributed by atoms with Crippen molar-refractivity contribution in [3.8, 4) is 6.07 Å². The Bertz CT molecular complexity index is 784. The highest BCUT2D eigenvalue weighted by molar-refractivity contribution is 7.99. The van der Waals surface area contributed by atoms with Gasteiger partial charge in [-0.15, -0.1) is 0 Å². The molecule has 24 heavy (non-hydrogen) atoms. The summed E-state index contributed by atoms with van der Waals surface area (Å²) in [7, 11) is 0. The number of carbonyl (C=O) groups is 2. The van der Waals surface area contributed by atoms with Crippen LogP contribution >= 0.6 is 11.8 Å². The number of hydrogen-bond acceptors (Lipinski definition) is 4. The first-order chi connectivity index (χ1) is 11.6. The van der Waals surface area contributed by atoms with E-state index in [-0.39, 0.29) is 11.8 Å². The summed E-state index contributed by atoms with van der Waals surface area (Å²) in [6.07, 6.45) is 0. The Balaban J connectivity index is 2.11. The second-order valence-corrected chi connectivity index (χ2v) is 6.03. The minimum atomic E-state index is -0.210. The van der Waals surface area contributed by atoms with Crippen LogP contribution in [0, 0.1) is 11.3 Å². The van der Waals surface area contributed by atoms with E-state index < -0.39 is 0 Å². The number of nitrogens with one attached hydrogen (secondary N) is 2. The monoisotopic (exact) mass is 339 g/mol. The van der Waals surface area contributed by atoms with Gasteiger partial charge in [0.05, 0.1) is 11.1 Å². The van der Waals surface area contributed by atoms with Crippen LogP contribution in [0.2, 0.25) is 0 Å². The van der Waals surface area contributed by atoms with Crippen LogP contribution in [0.1, 0.15) is 22.8 Å². The third-order valence-electron chi connectivity index (χ3n) is 3.14. The maximum absolute atomic E-state index is 12.4. The van der Waals surface area contributed by atoms with E-state index in [1.165, 1.54) is 18.7 Å². The molecule has 0 heterocycles. The molecule has 6 heteroatoms. The Hall–Kier alpha value is -2.78. The highest BCUT2D eigenvalue weighted by Crippen LogP contribution is 2.32. The van der Waals surface area contributed by atoms with Crippen molar-refractivity contribution in [3.63, 3.8) is 0 Å². The van der Waals surface area contributed by atoms with Gasteiger partial charge in [0, 0.05) is 29.8 Å². The van der Waals surface area contributed by atoms with Gasteiger partial charge in [0.25, 0.3) is 5.91 Å². The maximum Gasteiger partial charge on any atom is 0.252 e. The Labute approximate surface area is 145 Å². The molecule has 2 aromatic rings. The zero-order chi connectivity index (χ0) is 17.4. The van der Waals surface area contributed by atoms with Crippen molar-refractivity contribution in [2.45, 2.75) is 16.7 Å². The second-order valence-electron chi connectivity index (χ2n) is 4.95. The molecule has 0 radical (unpaired) electrons. The van der Waals surface area contributed by atoms with Crippen LogP contribution < -0.4 is 10.6 Å². The molecule has 0 spiro atoms. The van der Waals surface area contributed by atoms with E-state index in [1.807, 2.05) is 30.3 Å². The zero-order valence-electron chi connectivity index (χ0n) is 13.2. The van der Waals surface area contributed by atoms with Gasteiger partial charge in [-0.1, -0.05) is 36.0 Å². The number of rotatable bonds is 6. The summed E-state index contributed by atoms with van der Waals surface area (Å²) in [6, 6.07) is 16.7. The van der Waals surface area contributed by atoms with Crippen molar-refractivity contribution in [2.75, 3.05) is 13.1 Å². The third kappa shape index (κ3) is 4.86. The summed E-state index contributed by atoms with van der Waals surface area (Å²) in [5.74, 6) is -0.341. The summed E-state index contributed by atoms with van der Waals surface area (Å²) in [6.45, 7) is 2.17. The lowest BCUT2D eigenvalue weighted by Gasteiger charge is -2.10. The van der Waals surface area contributed by atoms with Crippen LogP contribution in [0.3, 0.4) is 0 Å². The summed E-state index contributed by atoms with van der Waals surface area (Å²) < 4.78 is 0. The van der Waals surface area contributed by atoms with E-state index in [2.05, 4.69) is 16.7 Å². The largest absolute Gasteiger partial charge is 0.355 e. The standard InChI is InChI=1S/C18H17N3O2S/c1-13(22)20-10-11-21-18(23)15-7-3-5-9-17(15)24-16-8-4-2-6-14(16)12-19/h2-9H,10-11H2,1H3,(H,20,22)(H,21,23). The highest BCUT2D eigenvalue weighted by atomic mass is 32.2. The molecule has 2 N–H and O–H groups in total. The van der Waals surface area contributed by atoms with Crippen molar-refractivity contribution in [3.05, 3.63) is 59.7 Å². The molecule has 5 nitrogen and oxygen atoms in total. The average molecular weight is 339 g/mol. The molecule has 2 rings (SSSR count). The normalized spacial score (nSPS) is 9.83. The number of carbonyl (C=O) groups excluding carboxylic acids is 2. The van der Waals surface area contributed by atoms with Gasteiger partial charge in [-0.3, -0.25) is 9.59 Å². The molecular weight excluding hydrogens is 322 g/mol. The molecule has 0 aliphatic heterocycles. The van der Waals surface area contributed by atoms with E-state index in [9.17, 15) is 14.9 Å². The molecule has 0 saturated heterocycles. The average Bonchev–Trinajstić information content (AvgIpc) is 2.59. The van der Waals surface area contributed by atoms with Crippen molar-refractivity contribution in [1.29, 1.82) is 5.26 Å². The summed E-state index contributed by atoms with van der Waals surface area (Å²) in [4.78, 5) is 24.8. The molecule has 122 valence electrons. The molecule has 0 aromatic heterocycles. The van der Waals surface area contributed by atoms with E-state index in [0.29, 0.717) is 24.2 Å². The predicted octanol–water partition coefficient (Wildman–Crippen LogP) is 2.58. The van der Waals surface area contributed by atoms with Crippen LogP contribution in [0.15, 0.2) is 58.3 Å². The fraction of sp³-hybridized carbons (Fsp3) is 0.167. The summed E-state index contributed by atoms with van der Waals surface area (Å²) >= 11 is 1.38. The predicted molar refractivity (Wildman–Crippen MR) is 92.7 cm³/mol. The lowest BCUT2D eigenvalue weighted by molar-refractivity contribution is -0.118. The van der Waals surface area contributed by atoms with Crippen LogP contribution in [-0.2, 0) is 4.79 Å². The second kappa shape index (κ2) is 8.75. The molecular formula is C18H17N3O2S. The summed E-state index contributed by atoms with van der Waals surface area (Å²) in [5, 5.41) is 14.6. The molecule has 0 aliphatic carbocycles. The van der Waals surface area contributed by atoms with E-state index in [4.69, 9.17) is 0 Å². The minimum absolute atomic E-state index is 0.131. The number of hydrogen-bond donors (Lipinski definition) is 2. The molecule has 0 atom stereocenters. The molecule has 0 fully saturated rings. The fourth-order valence-corrected chi connectivity index (χ4v) is 3.04. The maximum atomic E-state index is 12.4. The van der Waals surface area contributed by atoms with Gasteiger partial charge in [-0.2, -0.15) is 5.26 Å². The lowest BCUT2D eigenvalue weighted by Crippen LogP contribution is -2.33. The first-order valence-corrected chi connectivity index (χ1v) is 8.22. The first kappa shape index (κ1) is 17.6. The molecule has 0 aliphatic rings. The van der Waals surface area contributed by atoms with E-state index in [0.717, 1.165) is 9.79 Å². The Morgan fingerprint density at radius 2 is 1.62 bits per heavy atom. The Morgan fingerprint density at radius 1 is 1.00 bits per heavy atom. The fourth-order valence-electron chi connectivity index (χ4n) is 2.02. The number of nitriles is 1. The van der Waals surface area contributed by atoms with Gasteiger partial charge in [0.2, 0.25) is 5.91 Å². The number of nitrogens with zero attached hydrogens (tertiary/aromatic N) is 1. The molecule has 0 unspecified atom stereocenters. The molecule has 0 saturated carbocycles. The quantitative estimate of drug-likeness (QED) is 0.793. The van der Waals surface area contributed by atoms with Crippen LogP contribution in [0.5, 0.6) is 0 Å². The van der Waals surface area contributed by atoms with Gasteiger partial charge in [-0.05, 0) is 24.3 Å². The van der Waals surface area contributed by atoms with Crippen LogP contribution in [0.25, 0.3) is 0 Å². The number of amides is 2. The van der Waals surface area contributed by atoms with Crippen molar-refractivity contribution in [1.82, 2.24) is 10.6 Å². The van der Waals surface area contributed by atoms with Crippen molar-refractivity contribution >= 4 is 23.6 Å². The zero-order valence-corrected chi connectivity index (χ0v) is 14.0. The minimum Gasteiger partial charge on any atom is -0.355 e. The van der Waals surface area contributed by atoms with Gasteiger partial charge >= 0.3 is 0 Å². The van der Waals surface area contributed by atoms with Crippen molar-refractivity contribution < 1.29 is 9.59 Å². The van der Waals surface area contributed by atoms with Gasteiger partial charge in [0.1, 0.15) is 6.07 Å². The Morgan fingerprint density at radius 3 is 2.33 bits per heavy atom. The number of benzene rings is 2. The highest BCUT2D eigenvalue weighted by Gasteiger charge is 2.13. The van der Waals surface area contributed by atoms with Crippen LogP contribution in [0.4, 0.5) is 0 Å². The molecule has 2 aromatic carbocycles. The smallest absolute Gasteiger partial charge is 0.252 e. The van der Waals surface area contributed by atoms with Gasteiger partial charge in [-0.25, -0.2) is 0 Å². The summed E-state index contributed by atoms with van der Waals surface area (Å²) in [5.41, 5.74) is 1.11. The van der Waals surface area contributed by atoms with Gasteiger partial charge < -0.3 is 10.6 Å². The Kier molecular flexibility index (Phi) is 6.41. The molecule has 0 bridgehead atoms.